The zero-order valence-electron chi connectivity index (χ0n) is 80.0. The second kappa shape index (κ2) is 67.4. The van der Waals surface area contributed by atoms with Crippen LogP contribution in [0.15, 0.2) is 61.7 Å². The van der Waals surface area contributed by atoms with Crippen LogP contribution in [0.4, 0.5) is 0 Å². The van der Waals surface area contributed by atoms with Crippen LogP contribution in [0.1, 0.15) is 226 Å². The van der Waals surface area contributed by atoms with Gasteiger partial charge in [-0.2, -0.15) is 0 Å². The topological polar surface area (TPSA) is 148 Å². The van der Waals surface area contributed by atoms with Gasteiger partial charge in [0.25, 0.3) is 0 Å². The number of hydrogen-bond acceptors (Lipinski definition) is 16. The summed E-state index contributed by atoms with van der Waals surface area (Å²) in [6, 6.07) is 23.8. The van der Waals surface area contributed by atoms with Crippen LogP contribution in [-0.4, -0.2) is 219 Å². The zero-order chi connectivity index (χ0) is 88.6. The van der Waals surface area contributed by atoms with Gasteiger partial charge < -0.3 is 75.8 Å². The lowest BCUT2D eigenvalue weighted by molar-refractivity contribution is 0.0177. The molecule has 0 amide bonds. The van der Waals surface area contributed by atoms with E-state index in [2.05, 4.69) is 178 Å². The van der Waals surface area contributed by atoms with Gasteiger partial charge in [0.2, 0.25) is 0 Å². The van der Waals surface area contributed by atoms with Gasteiger partial charge in [0.1, 0.15) is 49.4 Å². The molecule has 0 radical (unpaired) electrons. The lowest BCUT2D eigenvalue weighted by Gasteiger charge is -2.31. The number of unbranched alkanes of at least 4 members (excludes halogenated alkanes) is 20. The summed E-state index contributed by atoms with van der Waals surface area (Å²) in [4.78, 5) is 0. The van der Waals surface area contributed by atoms with Crippen LogP contribution in [0.2, 0.25) is 76.6 Å². The Morgan fingerprint density at radius 1 is 0.213 bits per heavy atom. The fourth-order valence-electron chi connectivity index (χ4n) is 15.6. The van der Waals surface area contributed by atoms with Gasteiger partial charge in [-0.25, -0.2) is 0 Å². The highest BCUT2D eigenvalue weighted by Gasteiger charge is 2.33. The molecule has 122 heavy (non-hydrogen) atoms. The molecule has 0 unspecified atom stereocenters. The number of benzene rings is 4. The van der Waals surface area contributed by atoms with Crippen LogP contribution in [0.3, 0.4) is 0 Å². The van der Waals surface area contributed by atoms with Crippen molar-refractivity contribution in [2.75, 3.05) is 187 Å². The Morgan fingerprint density at radius 3 is 0.623 bits per heavy atom. The van der Waals surface area contributed by atoms with Crippen molar-refractivity contribution in [2.45, 2.75) is 258 Å². The van der Waals surface area contributed by atoms with Crippen LogP contribution >= 0.6 is 0 Å². The van der Waals surface area contributed by atoms with Gasteiger partial charge in [-0.1, -0.05) is 365 Å². The highest BCUT2D eigenvalue weighted by molar-refractivity contribution is 6.93. The molecule has 4 aromatic rings. The summed E-state index contributed by atoms with van der Waals surface area (Å²) in [5.74, 6) is 2.94. The van der Waals surface area contributed by atoms with Gasteiger partial charge in [-0.3, -0.25) is 0 Å². The smallest absolute Gasteiger partial charge is 0.127 e. The summed E-state index contributed by atoms with van der Waals surface area (Å²) in [5.41, 5.74) is 8.75. The summed E-state index contributed by atoms with van der Waals surface area (Å²) in [6.45, 7) is 49.6. The summed E-state index contributed by atoms with van der Waals surface area (Å²) < 4.78 is 95.8. The van der Waals surface area contributed by atoms with Crippen molar-refractivity contribution in [3.8, 4) is 23.0 Å². The van der Waals surface area contributed by atoms with Gasteiger partial charge in [0, 0.05) is 50.7 Å². The number of rotatable bonds is 80. The molecule has 0 spiro atoms. The fourth-order valence-corrected chi connectivity index (χ4v) is 27.2. The van der Waals surface area contributed by atoms with Gasteiger partial charge in [0.05, 0.1) is 164 Å². The lowest BCUT2D eigenvalue weighted by Crippen LogP contribution is -2.48. The van der Waals surface area contributed by atoms with E-state index in [1.807, 2.05) is 12.1 Å². The molecule has 0 bridgehead atoms. The second-order valence-electron chi connectivity index (χ2n) is 35.2. The molecule has 0 atom stereocenters. The Kier molecular flexibility index (Phi) is 60.5. The molecule has 16 nitrogen and oxygen atoms in total. The maximum absolute atomic E-state index is 7.10. The Bertz CT molecular complexity index is 3480. The van der Waals surface area contributed by atoms with E-state index in [-0.39, 0.29) is 0 Å². The van der Waals surface area contributed by atoms with Crippen molar-refractivity contribution < 1.29 is 75.8 Å². The molecule has 4 aromatic carbocycles. The van der Waals surface area contributed by atoms with E-state index >= 15 is 0 Å². The molecule has 0 saturated heterocycles. The molecule has 20 heteroatoms. The Morgan fingerprint density at radius 2 is 0.393 bits per heavy atom. The minimum atomic E-state index is -2.24. The third-order valence-electron chi connectivity index (χ3n) is 23.2. The molecule has 0 aliphatic carbocycles. The highest BCUT2D eigenvalue weighted by Crippen LogP contribution is 2.36. The van der Waals surface area contributed by atoms with Crippen LogP contribution < -0.4 is 39.7 Å². The van der Waals surface area contributed by atoms with E-state index in [1.54, 1.807) is 28.4 Å². The average Bonchev–Trinajstić information content (AvgIpc) is 0.772. The lowest BCUT2D eigenvalue weighted by atomic mass is 10.0. The van der Waals surface area contributed by atoms with E-state index in [4.69, 9.17) is 75.8 Å². The Balaban J connectivity index is 2.14. The number of methoxy groups -OCH3 is 4. The number of ether oxygens (including phenoxy) is 16. The summed E-state index contributed by atoms with van der Waals surface area (Å²) in [7, 11) is -1.69. The molecular formula is C102H172O16Si4. The first-order valence-corrected chi connectivity index (χ1v) is 60.2. The first kappa shape index (κ1) is 109. The molecule has 0 aromatic heterocycles. The molecule has 4 rings (SSSR count). The van der Waals surface area contributed by atoms with Crippen molar-refractivity contribution in [1.82, 2.24) is 0 Å². The normalized spacial score (nSPS) is 12.4. The van der Waals surface area contributed by atoms with Gasteiger partial charge >= 0.3 is 0 Å². The van der Waals surface area contributed by atoms with Gasteiger partial charge in [-0.05, 0) is 46.5 Å². The van der Waals surface area contributed by atoms with Crippen LogP contribution in [0.5, 0.6) is 23.0 Å². The fraction of sp³-hybridized carbons (Fsp3) is 0.667. The highest BCUT2D eigenvalue weighted by atomic mass is 28.3. The van der Waals surface area contributed by atoms with E-state index in [0.717, 1.165) is 45.5 Å². The maximum atomic E-state index is 7.10. The summed E-state index contributed by atoms with van der Waals surface area (Å²) in [6.07, 6.45) is 48.4. The minimum absolute atomic E-state index is 0.332. The largest absolute Gasteiger partial charge is 0.491 e. The van der Waals surface area contributed by atoms with Crippen LogP contribution in [0, 0.1) is 0 Å². The molecule has 0 heterocycles. The van der Waals surface area contributed by atoms with E-state index in [9.17, 15) is 0 Å². The first-order valence-electron chi connectivity index (χ1n) is 47.4. The monoisotopic (exact) mass is 1770 g/mol. The standard InChI is InChI=1S/C102H172O16Si4/c1-19-25-29-33-37-41-75-119(11,12)99-84-92(100(83-88(99)24-6)120(13,14)76-42-38-34-30-26-20-2)48-46-90-81-98(118-74-70-114-66-62-110-58-54-106-10)91(82-97(90)117-73-69-113-65-61-109-57-53-105-9)47-50-94-86-101(121(15,16)77-43-39-35-31-27-21-3)93(85-102(94)122(17,18)78-44-40-36-32-28-22-4)49-45-89-80-95(115-71-67-111-63-59-107-55-51-103-7)87(23-5)79-96(89)116-72-68-112-64-60-108-56-52-104-8/h23-24,45-50,79-86H,5-6,19-22,25-44,51-78H2,1-4,7-18H3/b48-46+,49-45+,50-47+. The van der Waals surface area contributed by atoms with Crippen molar-refractivity contribution in [3.05, 3.63) is 106 Å². The average molecular weight is 1770 g/mol. The zero-order valence-corrected chi connectivity index (χ0v) is 84.0. The summed E-state index contributed by atoms with van der Waals surface area (Å²) in [5, 5.41) is 5.87. The van der Waals surface area contributed by atoms with E-state index < -0.39 is 32.3 Å². The molecule has 692 valence electrons. The maximum Gasteiger partial charge on any atom is 0.127 e. The second-order valence-corrected chi connectivity index (χ2v) is 54.4. The van der Waals surface area contributed by atoms with Gasteiger partial charge in [-0.15, -0.1) is 0 Å². The molecular weight excluding hydrogens is 1590 g/mol. The SMILES string of the molecule is C=Cc1cc(OCCOCCOCCOC)c(/C=C/c2cc([Si](C)(C)CCCCCCCC)c(/C=C/c3cc(OCCOCCOCCOC)c(/C=C/c4cc([Si](C)(C)CCCCCCCC)c(C=C)cc4[Si](C)(C)CCCCCCCC)cc3OCCOCCOCCOC)cc2[Si](C)(C)CCCCCCCC)cc1OCCOCCOCCOC. The third kappa shape index (κ3) is 45.2. The Labute approximate surface area is 747 Å². The van der Waals surface area contributed by atoms with Crippen molar-refractivity contribution >= 4 is 102 Å². The number of hydrogen-bond donors (Lipinski definition) is 0. The molecule has 0 saturated carbocycles. The van der Waals surface area contributed by atoms with Crippen molar-refractivity contribution in [2.24, 2.45) is 0 Å². The van der Waals surface area contributed by atoms with Crippen molar-refractivity contribution in [1.29, 1.82) is 0 Å². The van der Waals surface area contributed by atoms with Crippen LogP contribution in [-0.2, 0) is 56.8 Å². The predicted octanol–water partition coefficient (Wildman–Crippen LogP) is 22.8. The van der Waals surface area contributed by atoms with Crippen molar-refractivity contribution in [3.63, 3.8) is 0 Å². The molecule has 0 fully saturated rings. The molecule has 0 aliphatic rings. The van der Waals surface area contributed by atoms with E-state index in [1.165, 1.54) is 215 Å². The predicted molar refractivity (Wildman–Crippen MR) is 530 cm³/mol. The van der Waals surface area contributed by atoms with E-state index in [0.29, 0.717) is 164 Å². The molecule has 0 N–H and O–H groups in total. The first-order chi connectivity index (χ1) is 59.2. The van der Waals surface area contributed by atoms with Gasteiger partial charge in [0.15, 0.2) is 0 Å². The Hall–Kier alpha value is -4.83. The summed E-state index contributed by atoms with van der Waals surface area (Å²) >= 11 is 0. The third-order valence-corrected chi connectivity index (χ3v) is 37.2. The minimum Gasteiger partial charge on any atom is -0.491 e. The van der Waals surface area contributed by atoms with Crippen LogP contribution in [0.25, 0.3) is 48.6 Å². The quantitative estimate of drug-likeness (QED) is 0.0234. The molecule has 0 aliphatic heterocycles.